The van der Waals surface area contributed by atoms with Crippen LogP contribution in [0.4, 0.5) is 22.9 Å². The van der Waals surface area contributed by atoms with Crippen molar-refractivity contribution in [3.8, 4) is 11.1 Å². The molecule has 1 aromatic carbocycles. The summed E-state index contributed by atoms with van der Waals surface area (Å²) in [6, 6.07) is 14.1. The Morgan fingerprint density at radius 3 is 2.52 bits per heavy atom. The fourth-order valence-electron chi connectivity index (χ4n) is 7.92. The smallest absolute Gasteiger partial charge is 0.274 e. The molecule has 0 radical (unpaired) electrons. The summed E-state index contributed by atoms with van der Waals surface area (Å²) in [6.07, 6.45) is 5.58. The number of benzene rings is 1. The van der Waals surface area contributed by atoms with Gasteiger partial charge in [-0.3, -0.25) is 14.5 Å². The van der Waals surface area contributed by atoms with Gasteiger partial charge < -0.3 is 34.1 Å². The number of anilines is 4. The Labute approximate surface area is 280 Å². The molecule has 0 unspecified atom stereocenters. The van der Waals surface area contributed by atoms with Gasteiger partial charge in [0, 0.05) is 69.3 Å². The Morgan fingerprint density at radius 2 is 1.81 bits per heavy atom. The van der Waals surface area contributed by atoms with Crippen molar-refractivity contribution >= 4 is 28.8 Å². The lowest BCUT2D eigenvalue weighted by molar-refractivity contribution is -0.0660. The number of piperazine rings is 1. The maximum absolute atomic E-state index is 13.9. The highest BCUT2D eigenvalue weighted by Crippen LogP contribution is 2.40. The third-order valence-electron chi connectivity index (χ3n) is 10.5. The van der Waals surface area contributed by atoms with E-state index in [2.05, 4.69) is 44.6 Å². The molecule has 11 nitrogen and oxygen atoms in total. The monoisotopic (exact) mass is 649 g/mol. The fourth-order valence-corrected chi connectivity index (χ4v) is 7.92. The van der Waals surface area contributed by atoms with Crippen molar-refractivity contribution in [2.75, 3.05) is 61.1 Å². The van der Waals surface area contributed by atoms with Crippen LogP contribution in [0.15, 0.2) is 59.7 Å². The first-order valence-corrected chi connectivity index (χ1v) is 17.0. The second-order valence-corrected chi connectivity index (χ2v) is 14.4. The molecule has 2 fully saturated rings. The van der Waals surface area contributed by atoms with Crippen molar-refractivity contribution in [3.05, 3.63) is 87.7 Å². The summed E-state index contributed by atoms with van der Waals surface area (Å²) in [5.41, 5.74) is 7.60. The number of pyridine rings is 2. The minimum Gasteiger partial charge on any atom is -0.392 e. The van der Waals surface area contributed by atoms with E-state index >= 15 is 0 Å². The third kappa shape index (κ3) is 5.39. The van der Waals surface area contributed by atoms with Gasteiger partial charge in [-0.05, 0) is 59.7 Å². The summed E-state index contributed by atoms with van der Waals surface area (Å²) in [6.45, 7) is 11.1. The molecule has 2 N–H and O–H groups in total. The van der Waals surface area contributed by atoms with Crippen molar-refractivity contribution < 1.29 is 14.6 Å². The number of aliphatic hydroxyl groups is 1. The second-order valence-electron chi connectivity index (χ2n) is 14.4. The molecule has 250 valence electrons. The predicted octanol–water partition coefficient (Wildman–Crippen LogP) is 3.79. The highest BCUT2D eigenvalue weighted by Gasteiger charge is 2.37. The minimum atomic E-state index is -0.252. The van der Waals surface area contributed by atoms with Crippen LogP contribution in [0.5, 0.6) is 0 Å². The summed E-state index contributed by atoms with van der Waals surface area (Å²) in [7, 11) is 1.72. The van der Waals surface area contributed by atoms with Crippen LogP contribution < -0.4 is 20.7 Å². The largest absolute Gasteiger partial charge is 0.392 e. The number of aliphatic hydroxyl groups excluding tert-OH is 1. The van der Waals surface area contributed by atoms with E-state index < -0.39 is 0 Å². The Balaban J connectivity index is 1.03. The lowest BCUT2D eigenvalue weighted by Gasteiger charge is -2.43. The number of amides is 1. The molecule has 3 aliphatic heterocycles. The van der Waals surface area contributed by atoms with Gasteiger partial charge >= 0.3 is 0 Å². The molecule has 1 aliphatic carbocycles. The van der Waals surface area contributed by atoms with Gasteiger partial charge in [-0.2, -0.15) is 0 Å². The summed E-state index contributed by atoms with van der Waals surface area (Å²) in [4.78, 5) is 38.4. The van der Waals surface area contributed by atoms with E-state index in [9.17, 15) is 14.7 Å². The van der Waals surface area contributed by atoms with Crippen LogP contribution in [0.2, 0.25) is 0 Å². The van der Waals surface area contributed by atoms with Gasteiger partial charge in [-0.25, -0.2) is 4.98 Å². The van der Waals surface area contributed by atoms with Gasteiger partial charge in [0.25, 0.3) is 11.5 Å². The summed E-state index contributed by atoms with van der Waals surface area (Å²) in [5, 5.41) is 13.9. The first-order valence-electron chi connectivity index (χ1n) is 17.0. The number of hydrogen-bond acceptors (Lipinski definition) is 8. The van der Waals surface area contributed by atoms with E-state index in [0.717, 1.165) is 69.0 Å². The molecule has 0 bridgehead atoms. The third-order valence-corrected chi connectivity index (χ3v) is 10.5. The molecule has 4 aromatic rings. The average molecular weight is 650 g/mol. The van der Waals surface area contributed by atoms with E-state index in [1.54, 1.807) is 24.2 Å². The molecular formula is C37H43N7O4. The summed E-state index contributed by atoms with van der Waals surface area (Å²) >= 11 is 0. The number of nitrogens with one attached hydrogen (secondary N) is 1. The molecular weight excluding hydrogens is 606 g/mol. The van der Waals surface area contributed by atoms with Gasteiger partial charge in [0.2, 0.25) is 0 Å². The number of aromatic nitrogens is 3. The maximum Gasteiger partial charge on any atom is 0.274 e. The summed E-state index contributed by atoms with van der Waals surface area (Å²) in [5.74, 6) is 0.527. The van der Waals surface area contributed by atoms with Crippen LogP contribution in [-0.2, 0) is 37.8 Å². The van der Waals surface area contributed by atoms with Gasteiger partial charge in [0.05, 0.1) is 43.4 Å². The fraction of sp³-hybridized carbons (Fsp3) is 0.432. The highest BCUT2D eigenvalue weighted by atomic mass is 16.5. The van der Waals surface area contributed by atoms with E-state index in [-0.39, 0.29) is 23.5 Å². The van der Waals surface area contributed by atoms with Crippen LogP contribution in [-0.4, -0.2) is 82.0 Å². The molecule has 0 saturated carbocycles. The first kappa shape index (κ1) is 30.9. The lowest BCUT2D eigenvalue weighted by atomic mass is 9.90. The van der Waals surface area contributed by atoms with Crippen LogP contribution in [0.1, 0.15) is 41.2 Å². The van der Waals surface area contributed by atoms with E-state index in [1.807, 2.05) is 36.5 Å². The second kappa shape index (κ2) is 11.9. The lowest BCUT2D eigenvalue weighted by Crippen LogP contribution is -2.56. The Kier molecular flexibility index (Phi) is 7.65. The number of carbonyl (C=O) groups is 1. The number of aryl methyl sites for hydroxylation is 1. The zero-order chi connectivity index (χ0) is 33.2. The van der Waals surface area contributed by atoms with Crippen molar-refractivity contribution in [2.45, 2.75) is 45.9 Å². The minimum absolute atomic E-state index is 0.0486. The maximum atomic E-state index is 13.9. The average Bonchev–Trinajstić information content (AvgIpc) is 3.55. The Hall–Kier alpha value is -4.45. The molecule has 1 amide bonds. The van der Waals surface area contributed by atoms with Gasteiger partial charge in [-0.15, -0.1) is 0 Å². The van der Waals surface area contributed by atoms with Crippen molar-refractivity contribution in [1.82, 2.24) is 19.0 Å². The zero-order valence-corrected chi connectivity index (χ0v) is 27.9. The quantitative estimate of drug-likeness (QED) is 0.312. The van der Waals surface area contributed by atoms with Crippen molar-refractivity contribution in [3.63, 3.8) is 0 Å². The number of nitrogens with zero attached hydrogens (tertiary/aromatic N) is 6. The van der Waals surface area contributed by atoms with Crippen LogP contribution >= 0.6 is 0 Å². The van der Waals surface area contributed by atoms with E-state index in [0.29, 0.717) is 47.6 Å². The molecule has 11 heteroatoms. The zero-order valence-electron chi connectivity index (χ0n) is 27.9. The molecule has 6 heterocycles. The van der Waals surface area contributed by atoms with Gasteiger partial charge in [0.1, 0.15) is 17.2 Å². The van der Waals surface area contributed by atoms with Crippen LogP contribution in [0.25, 0.3) is 11.1 Å². The molecule has 3 aromatic heterocycles. The number of carbonyl (C=O) groups excluding carboxylic acids is 1. The van der Waals surface area contributed by atoms with Crippen LogP contribution in [0, 0.1) is 5.41 Å². The topological polar surface area (TPSA) is 108 Å². The molecule has 8 rings (SSSR count). The predicted molar refractivity (Wildman–Crippen MR) is 186 cm³/mol. The SMILES string of the molecule is Cn1cc(-c2cccc(N3CCn4c(cc5c4CC(C)(C)C5)C3=O)c2CO)cc(Nc2ccc(N3CCN(C4COC4)CC3)cn2)c1=O. The number of fused-ring (bicyclic) bond motifs is 3. The molecule has 0 atom stereocenters. The van der Waals surface area contributed by atoms with Crippen LogP contribution in [0.3, 0.4) is 0 Å². The van der Waals surface area contributed by atoms with Gasteiger partial charge in [0.15, 0.2) is 0 Å². The number of rotatable bonds is 7. The first-order chi connectivity index (χ1) is 23.2. The standard InChI is InChI=1S/C37H43N7O4/c1-37(2)17-24-16-32-36(47)44(14-13-43(32)33(24)18-37)31-6-4-5-28(29(31)21-45)25-15-30(35(46)40(3)20-25)39-34-8-7-26(19-38-34)41-9-11-42(12-10-41)27-22-48-23-27/h4-8,15-16,19-20,27,45H,9-14,17-18,21-23H2,1-3H3,(H,38,39). The summed E-state index contributed by atoms with van der Waals surface area (Å²) < 4.78 is 9.09. The van der Waals surface area contributed by atoms with Crippen molar-refractivity contribution in [2.24, 2.45) is 12.5 Å². The van der Waals surface area contributed by atoms with Gasteiger partial charge in [-0.1, -0.05) is 26.0 Å². The van der Waals surface area contributed by atoms with Crippen molar-refractivity contribution in [1.29, 1.82) is 0 Å². The Bertz CT molecular complexity index is 1930. The molecule has 2 saturated heterocycles. The van der Waals surface area contributed by atoms with E-state index in [4.69, 9.17) is 4.74 Å². The van der Waals surface area contributed by atoms with E-state index in [1.165, 1.54) is 15.8 Å². The molecule has 48 heavy (non-hydrogen) atoms. The number of ether oxygens (including phenoxy) is 1. The molecule has 4 aliphatic rings. The molecule has 0 spiro atoms. The Morgan fingerprint density at radius 1 is 1.00 bits per heavy atom. The normalized spacial score (nSPS) is 19.3. The number of hydrogen-bond donors (Lipinski definition) is 2. The highest BCUT2D eigenvalue weighted by molar-refractivity contribution is 6.07.